The van der Waals surface area contributed by atoms with Crippen molar-refractivity contribution in [1.82, 2.24) is 5.32 Å². The van der Waals surface area contributed by atoms with E-state index >= 15 is 0 Å². The third-order valence-corrected chi connectivity index (χ3v) is 4.43. The smallest absolute Gasteiger partial charge is 0.341 e. The van der Waals surface area contributed by atoms with Crippen LogP contribution in [0.3, 0.4) is 0 Å². The van der Waals surface area contributed by atoms with E-state index in [0.29, 0.717) is 27.1 Å². The lowest BCUT2D eigenvalue weighted by atomic mass is 10.2. The first-order valence-corrected chi connectivity index (χ1v) is 8.76. The quantitative estimate of drug-likeness (QED) is 0.684. The Labute approximate surface area is 159 Å². The molecule has 0 atom stereocenters. The van der Waals surface area contributed by atoms with Crippen molar-refractivity contribution in [2.75, 3.05) is 6.61 Å². The third kappa shape index (κ3) is 4.89. The fourth-order valence-electron chi connectivity index (χ4n) is 2.31. The Morgan fingerprint density at radius 2 is 2.11 bits per heavy atom. The zero-order chi connectivity index (χ0) is 19.4. The number of phenols is 1. The maximum atomic E-state index is 12.2. The molecule has 0 aliphatic carbocycles. The van der Waals surface area contributed by atoms with Crippen LogP contribution < -0.4 is 10.1 Å². The van der Waals surface area contributed by atoms with Gasteiger partial charge in [-0.25, -0.2) is 9.79 Å². The number of carbonyl (C=O) groups is 2. The van der Waals surface area contributed by atoms with Gasteiger partial charge in [0.2, 0.25) is 0 Å². The molecule has 1 amide bonds. The van der Waals surface area contributed by atoms with Gasteiger partial charge in [0.1, 0.15) is 17.2 Å². The summed E-state index contributed by atoms with van der Waals surface area (Å²) in [4.78, 5) is 27.5. The zero-order valence-corrected chi connectivity index (χ0v) is 15.1. The van der Waals surface area contributed by atoms with E-state index in [1.54, 1.807) is 42.5 Å². The van der Waals surface area contributed by atoms with Gasteiger partial charge < -0.3 is 20.3 Å². The highest BCUT2D eigenvalue weighted by Crippen LogP contribution is 2.32. The van der Waals surface area contributed by atoms with Crippen molar-refractivity contribution in [2.24, 2.45) is 4.99 Å². The highest BCUT2D eigenvalue weighted by atomic mass is 32.2. The number of amides is 1. The molecule has 1 saturated heterocycles. The lowest BCUT2D eigenvalue weighted by molar-refractivity contribution is -0.139. The summed E-state index contributed by atoms with van der Waals surface area (Å²) in [5.41, 5.74) is 1.97. The summed E-state index contributed by atoms with van der Waals surface area (Å²) in [6.07, 6.45) is 1.66. The fourth-order valence-corrected chi connectivity index (χ4v) is 3.14. The average molecular weight is 384 g/mol. The number of hydrogen-bond acceptors (Lipinski definition) is 6. The van der Waals surface area contributed by atoms with Crippen molar-refractivity contribution < 1.29 is 24.5 Å². The summed E-state index contributed by atoms with van der Waals surface area (Å²) >= 11 is 1.15. The number of aliphatic carboxylic acids is 1. The van der Waals surface area contributed by atoms with Gasteiger partial charge in [0, 0.05) is 0 Å². The number of amidine groups is 1. The van der Waals surface area contributed by atoms with Gasteiger partial charge in [0.05, 0.1) is 4.91 Å². The lowest BCUT2D eigenvalue weighted by Gasteiger charge is -2.03. The number of carboxylic acids is 1. The fraction of sp³-hybridized carbons (Fsp3) is 0.105. The number of hydrogen-bond donors (Lipinski definition) is 3. The molecule has 1 aliphatic heterocycles. The molecule has 0 bridgehead atoms. The Morgan fingerprint density at radius 3 is 2.85 bits per heavy atom. The number of carbonyl (C=O) groups excluding carboxylic acids is 1. The van der Waals surface area contributed by atoms with E-state index in [4.69, 9.17) is 9.84 Å². The molecule has 2 aromatic carbocycles. The molecule has 138 valence electrons. The minimum Gasteiger partial charge on any atom is -0.506 e. The average Bonchev–Trinajstić information content (AvgIpc) is 2.95. The van der Waals surface area contributed by atoms with Crippen LogP contribution in [0, 0.1) is 6.92 Å². The second-order valence-corrected chi connectivity index (χ2v) is 6.76. The van der Waals surface area contributed by atoms with Gasteiger partial charge in [0.25, 0.3) is 5.91 Å². The number of aromatic hydroxyl groups is 1. The second kappa shape index (κ2) is 7.96. The molecule has 1 fully saturated rings. The predicted octanol–water partition coefficient (Wildman–Crippen LogP) is 3.06. The van der Waals surface area contributed by atoms with Gasteiger partial charge in [-0.1, -0.05) is 18.2 Å². The van der Waals surface area contributed by atoms with Crippen molar-refractivity contribution in [2.45, 2.75) is 6.92 Å². The van der Waals surface area contributed by atoms with E-state index in [1.807, 2.05) is 13.0 Å². The second-order valence-electron chi connectivity index (χ2n) is 5.73. The highest BCUT2D eigenvalue weighted by molar-refractivity contribution is 8.18. The van der Waals surface area contributed by atoms with E-state index in [9.17, 15) is 14.7 Å². The molecule has 3 N–H and O–H groups in total. The molecule has 0 aromatic heterocycles. The highest BCUT2D eigenvalue weighted by Gasteiger charge is 2.24. The number of benzene rings is 2. The van der Waals surface area contributed by atoms with Crippen LogP contribution in [0.1, 0.15) is 11.1 Å². The maximum absolute atomic E-state index is 12.2. The predicted molar refractivity (Wildman–Crippen MR) is 103 cm³/mol. The van der Waals surface area contributed by atoms with Gasteiger partial charge in [-0.3, -0.25) is 4.79 Å². The van der Waals surface area contributed by atoms with Crippen LogP contribution in [0.25, 0.3) is 6.08 Å². The maximum Gasteiger partial charge on any atom is 0.341 e. The van der Waals surface area contributed by atoms with Crippen LogP contribution in [0.4, 0.5) is 5.69 Å². The molecule has 1 heterocycles. The van der Waals surface area contributed by atoms with E-state index < -0.39 is 12.6 Å². The van der Waals surface area contributed by atoms with Crippen molar-refractivity contribution in [3.05, 3.63) is 58.5 Å². The van der Waals surface area contributed by atoms with Crippen LogP contribution in [-0.2, 0) is 9.59 Å². The van der Waals surface area contributed by atoms with Crippen LogP contribution in [-0.4, -0.2) is 33.9 Å². The van der Waals surface area contributed by atoms with Crippen molar-refractivity contribution in [3.8, 4) is 11.5 Å². The number of phenolic OH excluding ortho intramolecular Hbond substituents is 1. The van der Waals surface area contributed by atoms with E-state index in [-0.39, 0.29) is 11.7 Å². The number of rotatable bonds is 5. The number of aryl methyl sites for hydroxylation is 1. The Morgan fingerprint density at radius 1 is 1.30 bits per heavy atom. The number of carboxylic acid groups (broad SMARTS) is 1. The number of nitrogens with one attached hydrogen (secondary N) is 1. The van der Waals surface area contributed by atoms with Crippen LogP contribution >= 0.6 is 11.8 Å². The third-order valence-electron chi connectivity index (χ3n) is 3.52. The minimum atomic E-state index is -1.07. The van der Waals surface area contributed by atoms with Crippen molar-refractivity contribution >= 4 is 40.6 Å². The largest absolute Gasteiger partial charge is 0.506 e. The van der Waals surface area contributed by atoms with Gasteiger partial charge in [-0.15, -0.1) is 0 Å². The Bertz CT molecular complexity index is 968. The monoisotopic (exact) mass is 384 g/mol. The normalized spacial score (nSPS) is 16.6. The summed E-state index contributed by atoms with van der Waals surface area (Å²) in [6.45, 7) is 1.42. The molecule has 0 radical (unpaired) electrons. The first-order valence-electron chi connectivity index (χ1n) is 7.94. The zero-order valence-electron chi connectivity index (χ0n) is 14.3. The molecule has 0 spiro atoms. The van der Waals surface area contributed by atoms with Crippen molar-refractivity contribution in [3.63, 3.8) is 0 Å². The molecule has 3 rings (SSSR count). The first kappa shape index (κ1) is 18.5. The number of nitrogens with zero attached hydrogens (tertiary/aromatic N) is 1. The van der Waals surface area contributed by atoms with Crippen molar-refractivity contribution in [1.29, 1.82) is 0 Å². The summed E-state index contributed by atoms with van der Waals surface area (Å²) in [6, 6.07) is 11.9. The standard InChI is InChI=1S/C19H16N2O5S/c1-11-5-6-14(15(22)7-11)20-19-21-18(25)16(27-19)9-12-3-2-4-13(8-12)26-10-17(23)24/h2-9,22H,10H2,1H3,(H,23,24)(H,20,21,25)/b16-9-. The Kier molecular flexibility index (Phi) is 5.46. The molecule has 27 heavy (non-hydrogen) atoms. The molecule has 7 nitrogen and oxygen atoms in total. The van der Waals surface area contributed by atoms with Gasteiger partial charge >= 0.3 is 5.97 Å². The Hall–Kier alpha value is -3.26. The summed E-state index contributed by atoms with van der Waals surface area (Å²) < 4.78 is 5.13. The summed E-state index contributed by atoms with van der Waals surface area (Å²) in [5.74, 6) is -0.932. The number of aliphatic imine (C=N–C) groups is 1. The molecular formula is C19H16N2O5S. The van der Waals surface area contributed by atoms with Gasteiger partial charge in [-0.05, 0) is 60.2 Å². The van der Waals surface area contributed by atoms with E-state index in [0.717, 1.165) is 17.3 Å². The van der Waals surface area contributed by atoms with Crippen LogP contribution in [0.5, 0.6) is 11.5 Å². The molecular weight excluding hydrogens is 368 g/mol. The van der Waals surface area contributed by atoms with E-state index in [1.165, 1.54) is 0 Å². The van der Waals surface area contributed by atoms with Gasteiger partial charge in [0.15, 0.2) is 11.8 Å². The topological polar surface area (TPSA) is 108 Å². The summed E-state index contributed by atoms with van der Waals surface area (Å²) in [7, 11) is 0. The molecule has 0 saturated carbocycles. The van der Waals surface area contributed by atoms with Crippen LogP contribution in [0.15, 0.2) is 52.4 Å². The first-order chi connectivity index (χ1) is 12.9. The Balaban J connectivity index is 1.78. The molecule has 0 unspecified atom stereocenters. The molecule has 2 aromatic rings. The van der Waals surface area contributed by atoms with E-state index in [2.05, 4.69) is 10.3 Å². The number of ether oxygens (including phenoxy) is 1. The number of thioether (sulfide) groups is 1. The van der Waals surface area contributed by atoms with Gasteiger partial charge in [-0.2, -0.15) is 0 Å². The summed E-state index contributed by atoms with van der Waals surface area (Å²) in [5, 5.41) is 21.6. The molecule has 8 heteroatoms. The van der Waals surface area contributed by atoms with Crippen LogP contribution in [0.2, 0.25) is 0 Å². The minimum absolute atomic E-state index is 0.0399. The SMILES string of the molecule is Cc1ccc(N=C2NC(=O)/C(=C/c3cccc(OCC(=O)O)c3)S2)c(O)c1. The molecule has 1 aliphatic rings. The lowest BCUT2D eigenvalue weighted by Crippen LogP contribution is -2.19.